The lowest BCUT2D eigenvalue weighted by molar-refractivity contribution is 0.337. The van der Waals surface area contributed by atoms with Crippen molar-refractivity contribution < 1.29 is 4.74 Å². The van der Waals surface area contributed by atoms with E-state index in [4.69, 9.17) is 4.74 Å². The van der Waals surface area contributed by atoms with E-state index in [2.05, 4.69) is 36.0 Å². The van der Waals surface area contributed by atoms with Gasteiger partial charge in [-0.25, -0.2) is 0 Å². The summed E-state index contributed by atoms with van der Waals surface area (Å²) in [6.45, 7) is 5.47. The van der Waals surface area contributed by atoms with Gasteiger partial charge in [0.05, 0.1) is 19.0 Å². The highest BCUT2D eigenvalue weighted by Crippen LogP contribution is 2.41. The minimum Gasteiger partial charge on any atom is -0.493 e. The first-order valence-corrected chi connectivity index (χ1v) is 7.95. The molecule has 0 aliphatic heterocycles. The lowest BCUT2D eigenvalue weighted by Gasteiger charge is -2.27. The molecule has 2 unspecified atom stereocenters. The summed E-state index contributed by atoms with van der Waals surface area (Å²) in [4.78, 5) is 0. The van der Waals surface area contributed by atoms with Crippen molar-refractivity contribution in [1.82, 2.24) is 15.1 Å². The highest BCUT2D eigenvalue weighted by Gasteiger charge is 2.30. The Bertz CT molecular complexity index is 414. The summed E-state index contributed by atoms with van der Waals surface area (Å²) in [5.41, 5.74) is 1.31. The predicted octanol–water partition coefficient (Wildman–Crippen LogP) is 3.36. The van der Waals surface area contributed by atoms with E-state index in [1.165, 1.54) is 37.8 Å². The molecule has 0 bridgehead atoms. The van der Waals surface area contributed by atoms with Gasteiger partial charge in [-0.3, -0.25) is 4.68 Å². The topological polar surface area (TPSA) is 39.1 Å². The SMILES string of the molecule is CNCC1CCCCCC1c1c(OC)cnn1C(C)C. The minimum absolute atomic E-state index is 0.382. The molecule has 20 heavy (non-hydrogen) atoms. The zero-order chi connectivity index (χ0) is 14.5. The number of nitrogens with one attached hydrogen (secondary N) is 1. The monoisotopic (exact) mass is 279 g/mol. The molecule has 114 valence electrons. The van der Waals surface area contributed by atoms with E-state index in [0.29, 0.717) is 17.9 Å². The number of methoxy groups -OCH3 is 1. The molecule has 1 heterocycles. The van der Waals surface area contributed by atoms with Crippen molar-refractivity contribution in [3.05, 3.63) is 11.9 Å². The van der Waals surface area contributed by atoms with Crippen LogP contribution in [0.2, 0.25) is 0 Å². The molecule has 0 radical (unpaired) electrons. The van der Waals surface area contributed by atoms with Crippen molar-refractivity contribution >= 4 is 0 Å². The van der Waals surface area contributed by atoms with Crippen molar-refractivity contribution in [2.45, 2.75) is 57.9 Å². The van der Waals surface area contributed by atoms with Crippen LogP contribution in [0.1, 0.15) is 63.6 Å². The highest BCUT2D eigenvalue weighted by atomic mass is 16.5. The Balaban J connectivity index is 2.36. The molecule has 4 heteroatoms. The van der Waals surface area contributed by atoms with Crippen molar-refractivity contribution in [3.63, 3.8) is 0 Å². The van der Waals surface area contributed by atoms with E-state index >= 15 is 0 Å². The van der Waals surface area contributed by atoms with Gasteiger partial charge in [-0.2, -0.15) is 5.10 Å². The van der Waals surface area contributed by atoms with Gasteiger partial charge in [0.2, 0.25) is 0 Å². The second-order valence-corrected chi connectivity index (χ2v) is 6.20. The molecule has 1 saturated carbocycles. The number of ether oxygens (including phenoxy) is 1. The van der Waals surface area contributed by atoms with Crippen LogP contribution in [0.15, 0.2) is 6.20 Å². The number of hydrogen-bond donors (Lipinski definition) is 1. The molecule has 1 aromatic heterocycles. The molecular formula is C16H29N3O. The first-order chi connectivity index (χ1) is 9.69. The molecule has 1 N–H and O–H groups in total. The Labute approximate surface area is 122 Å². The van der Waals surface area contributed by atoms with Crippen LogP contribution < -0.4 is 10.1 Å². The van der Waals surface area contributed by atoms with Crippen LogP contribution >= 0.6 is 0 Å². The summed E-state index contributed by atoms with van der Waals surface area (Å²) in [6.07, 6.45) is 8.46. The summed E-state index contributed by atoms with van der Waals surface area (Å²) in [5, 5.41) is 7.93. The molecule has 0 aromatic carbocycles. The fourth-order valence-electron chi connectivity index (χ4n) is 3.53. The molecule has 0 spiro atoms. The van der Waals surface area contributed by atoms with Crippen LogP contribution in [0.25, 0.3) is 0 Å². The molecule has 1 aromatic rings. The minimum atomic E-state index is 0.382. The summed E-state index contributed by atoms with van der Waals surface area (Å²) >= 11 is 0. The fraction of sp³-hybridized carbons (Fsp3) is 0.812. The van der Waals surface area contributed by atoms with Gasteiger partial charge in [0.25, 0.3) is 0 Å². The van der Waals surface area contributed by atoms with Gasteiger partial charge in [0, 0.05) is 12.0 Å². The van der Waals surface area contributed by atoms with Crippen LogP contribution in [0.3, 0.4) is 0 Å². The zero-order valence-corrected chi connectivity index (χ0v) is 13.4. The summed E-state index contributed by atoms with van der Waals surface area (Å²) < 4.78 is 7.76. The van der Waals surface area contributed by atoms with E-state index in [1.54, 1.807) is 7.11 Å². The molecule has 2 rings (SSSR count). The van der Waals surface area contributed by atoms with Gasteiger partial charge in [0.1, 0.15) is 0 Å². The normalized spacial score (nSPS) is 23.9. The third kappa shape index (κ3) is 3.17. The molecule has 0 saturated heterocycles. The third-order valence-electron chi connectivity index (χ3n) is 4.48. The maximum absolute atomic E-state index is 5.59. The number of rotatable bonds is 5. The molecule has 2 atom stereocenters. The maximum Gasteiger partial charge on any atom is 0.160 e. The largest absolute Gasteiger partial charge is 0.493 e. The van der Waals surface area contributed by atoms with Crippen molar-refractivity contribution in [1.29, 1.82) is 0 Å². The predicted molar refractivity (Wildman–Crippen MR) is 82.4 cm³/mol. The van der Waals surface area contributed by atoms with Crippen molar-refractivity contribution in [2.75, 3.05) is 20.7 Å². The maximum atomic E-state index is 5.59. The average Bonchev–Trinajstić information content (AvgIpc) is 2.73. The quantitative estimate of drug-likeness (QED) is 0.840. The third-order valence-corrected chi connectivity index (χ3v) is 4.48. The van der Waals surface area contributed by atoms with E-state index in [1.807, 2.05) is 6.20 Å². The van der Waals surface area contributed by atoms with E-state index < -0.39 is 0 Å². The van der Waals surface area contributed by atoms with Gasteiger partial charge in [-0.1, -0.05) is 19.3 Å². The first kappa shape index (κ1) is 15.4. The Morgan fingerprint density at radius 3 is 2.75 bits per heavy atom. The molecular weight excluding hydrogens is 250 g/mol. The Morgan fingerprint density at radius 1 is 1.35 bits per heavy atom. The summed E-state index contributed by atoms with van der Waals surface area (Å²) in [5.74, 6) is 2.21. The fourth-order valence-corrected chi connectivity index (χ4v) is 3.53. The van der Waals surface area contributed by atoms with Crippen molar-refractivity contribution in [3.8, 4) is 5.75 Å². The lowest BCUT2D eigenvalue weighted by Crippen LogP contribution is -2.26. The lowest BCUT2D eigenvalue weighted by atomic mass is 9.84. The molecule has 1 aliphatic carbocycles. The molecule has 1 fully saturated rings. The van der Waals surface area contributed by atoms with Gasteiger partial charge in [-0.05, 0) is 46.2 Å². The Morgan fingerprint density at radius 2 is 2.10 bits per heavy atom. The molecule has 4 nitrogen and oxygen atoms in total. The van der Waals surface area contributed by atoms with Crippen LogP contribution in [0.4, 0.5) is 0 Å². The Hall–Kier alpha value is -1.03. The van der Waals surface area contributed by atoms with Crippen LogP contribution in [0, 0.1) is 5.92 Å². The van der Waals surface area contributed by atoms with Gasteiger partial charge in [-0.15, -0.1) is 0 Å². The van der Waals surface area contributed by atoms with Crippen LogP contribution in [-0.2, 0) is 0 Å². The highest BCUT2D eigenvalue weighted by molar-refractivity contribution is 5.30. The average molecular weight is 279 g/mol. The van der Waals surface area contributed by atoms with Gasteiger partial charge < -0.3 is 10.1 Å². The first-order valence-electron chi connectivity index (χ1n) is 7.95. The van der Waals surface area contributed by atoms with Crippen LogP contribution in [-0.4, -0.2) is 30.5 Å². The summed E-state index contributed by atoms with van der Waals surface area (Å²) in [6, 6.07) is 0.382. The van der Waals surface area contributed by atoms with Gasteiger partial charge in [0.15, 0.2) is 5.75 Å². The molecule has 0 amide bonds. The summed E-state index contributed by atoms with van der Waals surface area (Å²) in [7, 11) is 3.81. The van der Waals surface area contributed by atoms with E-state index in [0.717, 1.165) is 12.3 Å². The van der Waals surface area contributed by atoms with E-state index in [9.17, 15) is 0 Å². The second-order valence-electron chi connectivity index (χ2n) is 6.20. The Kier molecular flexibility index (Phi) is 5.46. The van der Waals surface area contributed by atoms with Crippen molar-refractivity contribution in [2.24, 2.45) is 5.92 Å². The smallest absolute Gasteiger partial charge is 0.160 e. The number of nitrogens with zero attached hydrogens (tertiary/aromatic N) is 2. The van der Waals surface area contributed by atoms with Gasteiger partial charge >= 0.3 is 0 Å². The standard InChI is InChI=1S/C16H29N3O/c1-12(2)19-16(15(20-4)11-18-19)14-9-7-5-6-8-13(14)10-17-3/h11-14,17H,5-10H2,1-4H3. The van der Waals surface area contributed by atoms with Crippen LogP contribution in [0.5, 0.6) is 5.75 Å². The zero-order valence-electron chi connectivity index (χ0n) is 13.4. The molecule has 1 aliphatic rings. The number of hydrogen-bond acceptors (Lipinski definition) is 3. The van der Waals surface area contributed by atoms with E-state index in [-0.39, 0.29) is 0 Å². The second kappa shape index (κ2) is 7.11. The number of aromatic nitrogens is 2.